The average Bonchev–Trinajstić information content (AvgIpc) is 2.38. The number of sulfonamides is 1. The Kier molecular flexibility index (Phi) is 6.38. The van der Waals surface area contributed by atoms with Crippen LogP contribution in [0.15, 0.2) is 24.3 Å². The number of nitrogens with zero attached hydrogens (tertiary/aromatic N) is 1. The van der Waals surface area contributed by atoms with Gasteiger partial charge in [0.1, 0.15) is 5.75 Å². The molecular formula is C14H21N3O5S. The second kappa shape index (κ2) is 7.82. The number of hydrogen-bond donors (Lipinski definition) is 2. The Labute approximate surface area is 135 Å². The minimum absolute atomic E-state index is 0.370. The highest BCUT2D eigenvalue weighted by Crippen LogP contribution is 2.23. The number of amides is 4. The van der Waals surface area contributed by atoms with Gasteiger partial charge in [-0.2, -0.15) is 0 Å². The van der Waals surface area contributed by atoms with Crippen LogP contribution in [0.25, 0.3) is 0 Å². The van der Waals surface area contributed by atoms with Crippen molar-refractivity contribution >= 4 is 27.8 Å². The first kappa shape index (κ1) is 18.8. The van der Waals surface area contributed by atoms with Crippen molar-refractivity contribution in [2.24, 2.45) is 0 Å². The first-order chi connectivity index (χ1) is 10.7. The molecule has 0 saturated carbocycles. The average molecular weight is 343 g/mol. The van der Waals surface area contributed by atoms with E-state index in [1.807, 2.05) is 5.32 Å². The summed E-state index contributed by atoms with van der Waals surface area (Å²) in [7, 11) is -3.78. The van der Waals surface area contributed by atoms with E-state index in [1.165, 1.54) is 13.8 Å². The zero-order valence-corrected chi connectivity index (χ0v) is 14.3. The van der Waals surface area contributed by atoms with E-state index < -0.39 is 28.1 Å². The van der Waals surface area contributed by atoms with E-state index in [0.717, 1.165) is 6.26 Å². The Bertz CT molecular complexity index is 673. The molecule has 0 aliphatic carbocycles. The molecule has 0 heterocycles. The van der Waals surface area contributed by atoms with E-state index in [1.54, 1.807) is 31.2 Å². The maximum absolute atomic E-state index is 12.0. The van der Waals surface area contributed by atoms with Gasteiger partial charge in [-0.15, -0.1) is 0 Å². The maximum Gasteiger partial charge on any atom is 0.339 e. The lowest BCUT2D eigenvalue weighted by atomic mass is 10.3. The lowest BCUT2D eigenvalue weighted by Crippen LogP contribution is -2.49. The largest absolute Gasteiger partial charge is 0.492 e. The van der Waals surface area contributed by atoms with Crippen molar-refractivity contribution in [3.05, 3.63) is 24.3 Å². The molecule has 1 aromatic rings. The molecule has 0 unspecified atom stereocenters. The van der Waals surface area contributed by atoms with Crippen molar-refractivity contribution < 1.29 is 22.7 Å². The van der Waals surface area contributed by atoms with Crippen LogP contribution >= 0.6 is 0 Å². The Morgan fingerprint density at radius 3 is 2.39 bits per heavy atom. The van der Waals surface area contributed by atoms with Gasteiger partial charge >= 0.3 is 12.1 Å². The molecule has 0 aliphatic heterocycles. The maximum atomic E-state index is 12.0. The van der Waals surface area contributed by atoms with Crippen molar-refractivity contribution in [2.75, 3.05) is 18.2 Å². The van der Waals surface area contributed by atoms with Crippen molar-refractivity contribution in [3.63, 3.8) is 0 Å². The number of imide groups is 1. The zero-order valence-electron chi connectivity index (χ0n) is 13.5. The molecule has 0 radical (unpaired) electrons. The number of anilines is 1. The summed E-state index contributed by atoms with van der Waals surface area (Å²) in [6.07, 6.45) is 0.898. The predicted molar refractivity (Wildman–Crippen MR) is 87.0 cm³/mol. The number of carbonyl (C=O) groups is 2. The van der Waals surface area contributed by atoms with E-state index in [9.17, 15) is 18.0 Å². The summed E-state index contributed by atoms with van der Waals surface area (Å²) in [6, 6.07) is 4.21. The van der Waals surface area contributed by atoms with Crippen LogP contribution in [0, 0.1) is 0 Å². The standard InChI is InChI=1S/C14H21N3O5S/c1-5-22-12-9-7-6-8-11(12)15-13(18)16-14(19)17(10(2)3)23(4,20)21/h6-10H,5H2,1-4H3,(H2,15,16,18,19). The molecule has 1 aromatic carbocycles. The molecule has 0 fully saturated rings. The van der Waals surface area contributed by atoms with Gasteiger partial charge in [-0.05, 0) is 32.9 Å². The van der Waals surface area contributed by atoms with Gasteiger partial charge < -0.3 is 10.1 Å². The summed E-state index contributed by atoms with van der Waals surface area (Å²) in [5, 5.41) is 4.44. The van der Waals surface area contributed by atoms with E-state index >= 15 is 0 Å². The smallest absolute Gasteiger partial charge is 0.339 e. The third kappa shape index (κ3) is 5.44. The van der Waals surface area contributed by atoms with Crippen LogP contribution in [0.2, 0.25) is 0 Å². The molecule has 0 aliphatic rings. The molecule has 9 heteroatoms. The molecule has 8 nitrogen and oxygen atoms in total. The number of rotatable bonds is 5. The second-order valence-electron chi connectivity index (χ2n) is 4.97. The van der Waals surface area contributed by atoms with E-state index in [2.05, 4.69) is 5.32 Å². The SMILES string of the molecule is CCOc1ccccc1NC(=O)NC(=O)N(C(C)C)S(C)(=O)=O. The lowest BCUT2D eigenvalue weighted by Gasteiger charge is -2.24. The molecule has 23 heavy (non-hydrogen) atoms. The Morgan fingerprint density at radius 1 is 1.26 bits per heavy atom. The highest BCUT2D eigenvalue weighted by molar-refractivity contribution is 7.88. The number of carbonyl (C=O) groups excluding carboxylic acids is 2. The van der Waals surface area contributed by atoms with Crippen LogP contribution in [-0.4, -0.2) is 43.7 Å². The Balaban J connectivity index is 2.82. The van der Waals surface area contributed by atoms with Gasteiger partial charge in [-0.1, -0.05) is 12.1 Å². The molecular weight excluding hydrogens is 322 g/mol. The van der Waals surface area contributed by atoms with Crippen molar-refractivity contribution in [1.29, 1.82) is 0 Å². The highest BCUT2D eigenvalue weighted by atomic mass is 32.2. The fourth-order valence-corrected chi connectivity index (χ4v) is 3.04. The molecule has 0 saturated heterocycles. The van der Waals surface area contributed by atoms with E-state index in [-0.39, 0.29) is 0 Å². The summed E-state index contributed by atoms with van der Waals surface area (Å²) in [5.74, 6) is 0.446. The molecule has 0 atom stereocenters. The number of benzene rings is 1. The fraction of sp³-hybridized carbons (Fsp3) is 0.429. The molecule has 4 amide bonds. The monoisotopic (exact) mass is 343 g/mol. The normalized spacial score (nSPS) is 11.0. The Hall–Kier alpha value is -2.29. The number of hydrogen-bond acceptors (Lipinski definition) is 5. The first-order valence-corrected chi connectivity index (χ1v) is 8.84. The number of ether oxygens (including phenoxy) is 1. The van der Waals surface area contributed by atoms with Gasteiger partial charge in [0.2, 0.25) is 10.0 Å². The van der Waals surface area contributed by atoms with Gasteiger partial charge in [-0.3, -0.25) is 5.32 Å². The minimum Gasteiger partial charge on any atom is -0.492 e. The van der Waals surface area contributed by atoms with Crippen LogP contribution < -0.4 is 15.4 Å². The van der Waals surface area contributed by atoms with Crippen molar-refractivity contribution in [1.82, 2.24) is 9.62 Å². The van der Waals surface area contributed by atoms with Crippen LogP contribution in [0.3, 0.4) is 0 Å². The second-order valence-corrected chi connectivity index (χ2v) is 6.83. The number of nitrogens with one attached hydrogen (secondary N) is 2. The summed E-state index contributed by atoms with van der Waals surface area (Å²) in [4.78, 5) is 23.9. The van der Waals surface area contributed by atoms with Crippen molar-refractivity contribution in [2.45, 2.75) is 26.8 Å². The third-order valence-electron chi connectivity index (χ3n) is 2.68. The van der Waals surface area contributed by atoms with Crippen LogP contribution in [-0.2, 0) is 10.0 Å². The predicted octanol–water partition coefficient (Wildman–Crippen LogP) is 2.00. The molecule has 0 aromatic heterocycles. The van der Waals surface area contributed by atoms with E-state index in [4.69, 9.17) is 4.74 Å². The van der Waals surface area contributed by atoms with Gasteiger partial charge in [-0.25, -0.2) is 22.3 Å². The van der Waals surface area contributed by atoms with Gasteiger partial charge in [0.15, 0.2) is 0 Å². The van der Waals surface area contributed by atoms with Crippen LogP contribution in [0.5, 0.6) is 5.75 Å². The van der Waals surface area contributed by atoms with Crippen molar-refractivity contribution in [3.8, 4) is 5.75 Å². The van der Waals surface area contributed by atoms with Gasteiger partial charge in [0.25, 0.3) is 0 Å². The molecule has 0 bridgehead atoms. The summed E-state index contributed by atoms with van der Waals surface area (Å²) in [6.45, 7) is 5.27. The zero-order chi connectivity index (χ0) is 17.6. The fourth-order valence-electron chi connectivity index (χ4n) is 1.93. The molecule has 2 N–H and O–H groups in total. The molecule has 128 valence electrons. The minimum atomic E-state index is -3.78. The summed E-state index contributed by atoms with van der Waals surface area (Å²) >= 11 is 0. The van der Waals surface area contributed by atoms with Gasteiger partial charge in [0.05, 0.1) is 18.6 Å². The van der Waals surface area contributed by atoms with E-state index in [0.29, 0.717) is 22.3 Å². The summed E-state index contributed by atoms with van der Waals surface area (Å²) in [5.41, 5.74) is 0.370. The Morgan fingerprint density at radius 2 is 1.87 bits per heavy atom. The highest BCUT2D eigenvalue weighted by Gasteiger charge is 2.27. The first-order valence-electron chi connectivity index (χ1n) is 7.00. The topological polar surface area (TPSA) is 105 Å². The van der Waals surface area contributed by atoms with Gasteiger partial charge in [0, 0.05) is 6.04 Å². The number of urea groups is 2. The number of para-hydroxylation sites is 2. The third-order valence-corrected chi connectivity index (χ3v) is 3.98. The molecule has 0 spiro atoms. The molecule has 1 rings (SSSR count). The lowest BCUT2D eigenvalue weighted by molar-refractivity contribution is 0.213. The van der Waals surface area contributed by atoms with Crippen LogP contribution in [0.4, 0.5) is 15.3 Å². The quantitative estimate of drug-likeness (QED) is 0.851. The summed E-state index contributed by atoms with van der Waals surface area (Å²) < 4.78 is 29.2. The van der Waals surface area contributed by atoms with Crippen LogP contribution in [0.1, 0.15) is 20.8 Å².